The van der Waals surface area contributed by atoms with Crippen molar-refractivity contribution in [1.82, 2.24) is 4.72 Å². The lowest BCUT2D eigenvalue weighted by Crippen LogP contribution is -2.37. The van der Waals surface area contributed by atoms with Crippen molar-refractivity contribution in [2.45, 2.75) is 91.0 Å². The highest BCUT2D eigenvalue weighted by Crippen LogP contribution is 2.53. The van der Waals surface area contributed by atoms with E-state index in [1.807, 2.05) is 6.26 Å². The summed E-state index contributed by atoms with van der Waals surface area (Å²) < 4.78 is 3.25. The third kappa shape index (κ3) is 6.32. The molecule has 124 valence electrons. The molecule has 1 unspecified atom stereocenters. The van der Waals surface area contributed by atoms with E-state index in [2.05, 4.69) is 18.6 Å². The highest BCUT2D eigenvalue weighted by atomic mass is 32.2. The van der Waals surface area contributed by atoms with Gasteiger partial charge in [-0.05, 0) is 69.5 Å². The first-order valence-electron chi connectivity index (χ1n) is 8.86. The molecule has 0 bridgehead atoms. The van der Waals surface area contributed by atoms with Crippen LogP contribution in [0.4, 0.5) is 0 Å². The highest BCUT2D eigenvalue weighted by Gasteiger charge is 2.40. The van der Waals surface area contributed by atoms with Gasteiger partial charge in [0.15, 0.2) is 0 Å². The number of rotatable bonds is 6. The molecule has 2 aliphatic rings. The van der Waals surface area contributed by atoms with Gasteiger partial charge in [-0.1, -0.05) is 45.1 Å². The normalized spacial score (nSPS) is 22.1. The summed E-state index contributed by atoms with van der Waals surface area (Å²) in [6.07, 6.45) is 15.6. The van der Waals surface area contributed by atoms with Crippen LogP contribution in [0.15, 0.2) is 0 Å². The summed E-state index contributed by atoms with van der Waals surface area (Å²) in [7, 11) is 0. The van der Waals surface area contributed by atoms with Crippen LogP contribution in [0.25, 0.3) is 0 Å². The Morgan fingerprint density at radius 1 is 1.19 bits per heavy atom. The van der Waals surface area contributed by atoms with Crippen LogP contribution in [-0.2, 0) is 4.79 Å². The smallest absolute Gasteiger partial charge is 0.147 e. The van der Waals surface area contributed by atoms with Gasteiger partial charge in [0.25, 0.3) is 0 Å². The lowest BCUT2D eigenvalue weighted by molar-refractivity contribution is -0.119. The topological polar surface area (TPSA) is 29.1 Å². The molecular formula is C18H35NOS. The lowest BCUT2D eigenvalue weighted by Gasteiger charge is -2.47. The van der Waals surface area contributed by atoms with E-state index in [-0.39, 0.29) is 6.04 Å². The van der Waals surface area contributed by atoms with E-state index in [0.29, 0.717) is 5.78 Å². The molecule has 0 heterocycles. The van der Waals surface area contributed by atoms with Crippen molar-refractivity contribution in [2.75, 3.05) is 6.26 Å². The van der Waals surface area contributed by atoms with Gasteiger partial charge in [-0.2, -0.15) is 0 Å². The maximum absolute atomic E-state index is 11.5. The molecule has 0 amide bonds. The average molecular weight is 314 g/mol. The first-order valence-corrected chi connectivity index (χ1v) is 10.1. The highest BCUT2D eigenvalue weighted by molar-refractivity contribution is 7.96. The molecule has 1 atom stereocenters. The van der Waals surface area contributed by atoms with Crippen LogP contribution in [-0.4, -0.2) is 18.1 Å². The Hall–Kier alpha value is -0.0200. The van der Waals surface area contributed by atoms with E-state index >= 15 is 0 Å². The first-order chi connectivity index (χ1) is 10.1. The van der Waals surface area contributed by atoms with E-state index in [4.69, 9.17) is 0 Å². The summed E-state index contributed by atoms with van der Waals surface area (Å²) in [5.41, 5.74) is 0.745. The summed E-state index contributed by atoms with van der Waals surface area (Å²) in [6.45, 7) is 6.07. The van der Waals surface area contributed by atoms with Crippen molar-refractivity contribution in [1.29, 1.82) is 0 Å². The van der Waals surface area contributed by atoms with Crippen LogP contribution in [0.3, 0.4) is 0 Å². The molecule has 2 nitrogen and oxygen atoms in total. The predicted octanol–water partition coefficient (Wildman–Crippen LogP) is 5.37. The molecule has 0 aromatic rings. The molecule has 0 aliphatic heterocycles. The maximum atomic E-state index is 11.5. The van der Waals surface area contributed by atoms with Crippen LogP contribution in [0.1, 0.15) is 85.0 Å². The van der Waals surface area contributed by atoms with E-state index in [1.54, 1.807) is 18.9 Å². The van der Waals surface area contributed by atoms with Crippen molar-refractivity contribution < 1.29 is 4.79 Å². The van der Waals surface area contributed by atoms with E-state index in [0.717, 1.165) is 17.8 Å². The van der Waals surface area contributed by atoms with Crippen molar-refractivity contribution in [3.8, 4) is 0 Å². The Bertz CT molecular complexity index is 290. The Labute approximate surface area is 136 Å². The zero-order valence-corrected chi connectivity index (χ0v) is 15.4. The Kier molecular flexibility index (Phi) is 8.96. The summed E-state index contributed by atoms with van der Waals surface area (Å²) >= 11 is 1.57. The van der Waals surface area contributed by atoms with Gasteiger partial charge in [-0.25, -0.2) is 0 Å². The molecule has 21 heavy (non-hydrogen) atoms. The monoisotopic (exact) mass is 313 g/mol. The van der Waals surface area contributed by atoms with Gasteiger partial charge in [0, 0.05) is 0 Å². The minimum absolute atomic E-state index is 0.0745. The molecule has 0 aromatic carbocycles. The van der Waals surface area contributed by atoms with Crippen LogP contribution in [0, 0.1) is 11.3 Å². The Morgan fingerprint density at radius 3 is 2.10 bits per heavy atom. The Balaban J connectivity index is 0.000000491. The van der Waals surface area contributed by atoms with Crippen molar-refractivity contribution in [2.24, 2.45) is 11.3 Å². The minimum Gasteiger partial charge on any atom is -0.298 e. The Morgan fingerprint density at radius 2 is 1.76 bits per heavy atom. The third-order valence-electron chi connectivity index (χ3n) is 5.40. The fourth-order valence-electron chi connectivity index (χ4n) is 3.48. The number of Topliss-reactive ketones (excluding diaryl/α,β-unsaturated/α-hetero) is 1. The number of ketones is 1. The summed E-state index contributed by atoms with van der Waals surface area (Å²) in [6, 6.07) is 0.0745. The van der Waals surface area contributed by atoms with E-state index in [1.165, 1.54) is 57.8 Å². The number of hydrogen-bond donors (Lipinski definition) is 1. The number of carbonyl (C=O) groups excluding carboxylic acids is 1. The van der Waals surface area contributed by atoms with Crippen molar-refractivity contribution in [3.05, 3.63) is 0 Å². The van der Waals surface area contributed by atoms with Crippen molar-refractivity contribution >= 4 is 17.7 Å². The molecule has 3 heteroatoms. The van der Waals surface area contributed by atoms with Gasteiger partial charge in [0.2, 0.25) is 0 Å². The number of hydrogen-bond acceptors (Lipinski definition) is 3. The van der Waals surface area contributed by atoms with Gasteiger partial charge in [0.05, 0.1) is 6.04 Å². The van der Waals surface area contributed by atoms with Gasteiger partial charge in [-0.15, -0.1) is 0 Å². The summed E-state index contributed by atoms with van der Waals surface area (Å²) in [5.74, 6) is 1.07. The zero-order valence-electron chi connectivity index (χ0n) is 14.5. The maximum Gasteiger partial charge on any atom is 0.147 e. The van der Waals surface area contributed by atoms with Crippen LogP contribution < -0.4 is 4.72 Å². The van der Waals surface area contributed by atoms with Crippen LogP contribution in [0.5, 0.6) is 0 Å². The van der Waals surface area contributed by atoms with Gasteiger partial charge in [0.1, 0.15) is 5.78 Å². The van der Waals surface area contributed by atoms with Gasteiger partial charge < -0.3 is 0 Å². The second-order valence-electron chi connectivity index (χ2n) is 7.02. The molecule has 0 saturated heterocycles. The predicted molar refractivity (Wildman–Crippen MR) is 94.6 cm³/mol. The number of nitrogens with one attached hydrogen (secondary N) is 1. The molecule has 1 N–H and O–H groups in total. The largest absolute Gasteiger partial charge is 0.298 e. The third-order valence-corrected chi connectivity index (χ3v) is 5.92. The molecule has 2 fully saturated rings. The molecule has 2 saturated carbocycles. The summed E-state index contributed by atoms with van der Waals surface area (Å²) in [4.78, 5) is 11.5. The standard InChI is InChI=1S/C14H25NOS.C4H10/c1-11(16)13(15-17-2)10-12-4-8-14(9-5-12)6-3-7-14;1-3-4-2/h12-13,15H,3-10H2,1-2H3;3-4H2,1-2H3. The van der Waals surface area contributed by atoms with Gasteiger partial charge in [-0.3, -0.25) is 9.52 Å². The number of carbonyl (C=O) groups is 1. The SMILES string of the molecule is CCCC.CSNC(CC1CCC2(CCC2)CC1)C(C)=O. The van der Waals surface area contributed by atoms with E-state index < -0.39 is 0 Å². The fraction of sp³-hybridized carbons (Fsp3) is 0.944. The second kappa shape index (κ2) is 9.89. The molecule has 2 rings (SSSR count). The van der Waals surface area contributed by atoms with Crippen LogP contribution in [0.2, 0.25) is 0 Å². The lowest BCUT2D eigenvalue weighted by atomic mass is 9.59. The number of unbranched alkanes of at least 4 members (excludes halogenated alkanes) is 1. The molecule has 1 spiro atoms. The molecular weight excluding hydrogens is 278 g/mol. The van der Waals surface area contributed by atoms with Crippen molar-refractivity contribution in [3.63, 3.8) is 0 Å². The minimum atomic E-state index is 0.0745. The van der Waals surface area contributed by atoms with E-state index in [9.17, 15) is 4.79 Å². The first kappa shape index (κ1) is 19.0. The quantitative estimate of drug-likeness (QED) is 0.668. The molecule has 0 radical (unpaired) electrons. The van der Waals surface area contributed by atoms with Gasteiger partial charge >= 0.3 is 0 Å². The molecule has 2 aliphatic carbocycles. The summed E-state index contributed by atoms with van der Waals surface area (Å²) in [5, 5.41) is 0. The second-order valence-corrected chi connectivity index (χ2v) is 7.66. The molecule has 0 aromatic heterocycles. The average Bonchev–Trinajstić information content (AvgIpc) is 2.46. The van der Waals surface area contributed by atoms with Crippen LogP contribution >= 0.6 is 11.9 Å². The zero-order chi connectivity index (χ0) is 15.7. The fourth-order valence-corrected chi connectivity index (χ4v) is 4.02.